The van der Waals surface area contributed by atoms with Gasteiger partial charge in [0.2, 0.25) is 5.91 Å². The number of carbonyl (C=O) groups excluding carboxylic acids is 1. The van der Waals surface area contributed by atoms with E-state index in [2.05, 4.69) is 15.6 Å². The number of methoxy groups -OCH3 is 1. The fourth-order valence-electron chi connectivity index (χ4n) is 3.04. The summed E-state index contributed by atoms with van der Waals surface area (Å²) in [6.07, 6.45) is 5.42. The lowest BCUT2D eigenvalue weighted by molar-refractivity contribution is -0.127. The van der Waals surface area contributed by atoms with Crippen molar-refractivity contribution in [2.75, 3.05) is 32.1 Å². The summed E-state index contributed by atoms with van der Waals surface area (Å²) >= 11 is 1.63. The maximum Gasteiger partial charge on any atom is 0.236 e. The normalized spacial score (nSPS) is 25.4. The SMILES string of the molecule is COCC1(C(=O)Nc2nc3c(s2)CCCC3)CCNC1. The van der Waals surface area contributed by atoms with Crippen LogP contribution < -0.4 is 10.6 Å². The van der Waals surface area contributed by atoms with E-state index in [0.29, 0.717) is 13.2 Å². The number of nitrogens with one attached hydrogen (secondary N) is 2. The van der Waals surface area contributed by atoms with Gasteiger partial charge in [0.15, 0.2) is 5.13 Å². The molecule has 1 aliphatic carbocycles. The molecule has 1 amide bonds. The molecule has 110 valence electrons. The van der Waals surface area contributed by atoms with E-state index in [4.69, 9.17) is 4.74 Å². The monoisotopic (exact) mass is 295 g/mol. The number of nitrogens with zero attached hydrogens (tertiary/aromatic N) is 1. The number of ether oxygens (including phenoxy) is 1. The maximum atomic E-state index is 12.6. The molecule has 20 heavy (non-hydrogen) atoms. The van der Waals surface area contributed by atoms with Crippen LogP contribution in [-0.4, -0.2) is 37.7 Å². The lowest BCUT2D eigenvalue weighted by Crippen LogP contribution is -2.41. The largest absolute Gasteiger partial charge is 0.384 e. The maximum absolute atomic E-state index is 12.6. The van der Waals surface area contributed by atoms with Gasteiger partial charge in [0.05, 0.1) is 17.7 Å². The molecule has 1 unspecified atom stereocenters. The van der Waals surface area contributed by atoms with E-state index in [0.717, 1.165) is 30.9 Å². The Balaban J connectivity index is 1.73. The number of carbonyl (C=O) groups is 1. The Morgan fingerprint density at radius 3 is 3.05 bits per heavy atom. The minimum atomic E-state index is -0.444. The van der Waals surface area contributed by atoms with E-state index in [9.17, 15) is 4.79 Å². The molecule has 1 aromatic heterocycles. The summed E-state index contributed by atoms with van der Waals surface area (Å²) in [6.45, 7) is 2.00. The Labute approximate surface area is 123 Å². The molecule has 2 aliphatic rings. The van der Waals surface area contributed by atoms with Crippen molar-refractivity contribution in [1.82, 2.24) is 10.3 Å². The molecule has 5 nitrogen and oxygen atoms in total. The zero-order chi connectivity index (χ0) is 14.0. The average molecular weight is 295 g/mol. The minimum absolute atomic E-state index is 0.0375. The number of hydrogen-bond donors (Lipinski definition) is 2. The van der Waals surface area contributed by atoms with Gasteiger partial charge in [0.1, 0.15) is 0 Å². The van der Waals surface area contributed by atoms with E-state index in [1.807, 2.05) is 0 Å². The number of aryl methyl sites for hydroxylation is 2. The lowest BCUT2D eigenvalue weighted by atomic mass is 9.87. The van der Waals surface area contributed by atoms with Gasteiger partial charge in [-0.15, -0.1) is 11.3 Å². The van der Waals surface area contributed by atoms with Crippen molar-refractivity contribution in [3.05, 3.63) is 10.6 Å². The van der Waals surface area contributed by atoms with Gasteiger partial charge in [-0.25, -0.2) is 4.98 Å². The number of thiazole rings is 1. The Hall–Kier alpha value is -0.980. The van der Waals surface area contributed by atoms with Crippen molar-refractivity contribution in [2.24, 2.45) is 5.41 Å². The summed E-state index contributed by atoms with van der Waals surface area (Å²) in [6, 6.07) is 0. The molecule has 1 aliphatic heterocycles. The molecule has 2 heterocycles. The number of aromatic nitrogens is 1. The predicted octanol–water partition coefficient (Wildman–Crippen LogP) is 1.59. The van der Waals surface area contributed by atoms with E-state index in [1.54, 1.807) is 18.4 Å². The molecular formula is C14H21N3O2S. The first kappa shape index (κ1) is 14.0. The highest BCUT2D eigenvalue weighted by Gasteiger charge is 2.41. The molecule has 1 fully saturated rings. The van der Waals surface area contributed by atoms with E-state index >= 15 is 0 Å². The summed E-state index contributed by atoms with van der Waals surface area (Å²) < 4.78 is 5.25. The fraction of sp³-hybridized carbons (Fsp3) is 0.714. The van der Waals surface area contributed by atoms with Crippen LogP contribution in [0.3, 0.4) is 0 Å². The van der Waals surface area contributed by atoms with Crippen LogP contribution in [0.25, 0.3) is 0 Å². The van der Waals surface area contributed by atoms with Crippen LogP contribution in [0.5, 0.6) is 0 Å². The fourth-order valence-corrected chi connectivity index (χ4v) is 4.08. The summed E-state index contributed by atoms with van der Waals surface area (Å²) in [5, 5.41) is 7.02. The number of rotatable bonds is 4. The van der Waals surface area contributed by atoms with E-state index < -0.39 is 5.41 Å². The lowest BCUT2D eigenvalue weighted by Gasteiger charge is -2.25. The van der Waals surface area contributed by atoms with Gasteiger partial charge in [0, 0.05) is 18.5 Å². The highest BCUT2D eigenvalue weighted by atomic mass is 32.1. The molecule has 0 saturated carbocycles. The van der Waals surface area contributed by atoms with Gasteiger partial charge in [-0.05, 0) is 38.6 Å². The van der Waals surface area contributed by atoms with Crippen molar-refractivity contribution < 1.29 is 9.53 Å². The average Bonchev–Trinajstić information content (AvgIpc) is 3.05. The van der Waals surface area contributed by atoms with Crippen molar-refractivity contribution in [3.8, 4) is 0 Å². The highest BCUT2D eigenvalue weighted by Crippen LogP contribution is 2.32. The van der Waals surface area contributed by atoms with Crippen LogP contribution >= 0.6 is 11.3 Å². The van der Waals surface area contributed by atoms with Crippen LogP contribution in [0.4, 0.5) is 5.13 Å². The summed E-state index contributed by atoms with van der Waals surface area (Å²) in [4.78, 5) is 18.5. The third-order valence-corrected chi connectivity index (χ3v) is 5.28. The smallest absolute Gasteiger partial charge is 0.236 e. The summed E-state index contributed by atoms with van der Waals surface area (Å²) in [7, 11) is 1.65. The number of amides is 1. The molecule has 6 heteroatoms. The summed E-state index contributed by atoms with van der Waals surface area (Å²) in [5.41, 5.74) is 0.739. The highest BCUT2D eigenvalue weighted by molar-refractivity contribution is 7.15. The molecule has 1 saturated heterocycles. The Kier molecular flexibility index (Phi) is 4.05. The molecule has 0 bridgehead atoms. The van der Waals surface area contributed by atoms with Crippen LogP contribution in [0.2, 0.25) is 0 Å². The molecule has 1 atom stereocenters. The molecule has 1 aromatic rings. The van der Waals surface area contributed by atoms with Gasteiger partial charge >= 0.3 is 0 Å². The Bertz CT molecular complexity index is 471. The van der Waals surface area contributed by atoms with E-state index in [1.165, 1.54) is 23.4 Å². The zero-order valence-electron chi connectivity index (χ0n) is 11.8. The van der Waals surface area contributed by atoms with Gasteiger partial charge in [-0.2, -0.15) is 0 Å². The first-order valence-corrected chi connectivity index (χ1v) is 8.05. The molecule has 2 N–H and O–H groups in total. The summed E-state index contributed by atoms with van der Waals surface area (Å²) in [5.74, 6) is 0.0375. The molecule has 0 spiro atoms. The number of hydrogen-bond acceptors (Lipinski definition) is 5. The number of anilines is 1. The first-order chi connectivity index (χ1) is 9.73. The van der Waals surface area contributed by atoms with Crippen LogP contribution in [-0.2, 0) is 22.4 Å². The zero-order valence-corrected chi connectivity index (χ0v) is 12.6. The van der Waals surface area contributed by atoms with Crippen LogP contribution in [0, 0.1) is 5.41 Å². The molecule has 0 aromatic carbocycles. The second-order valence-corrected chi connectivity index (χ2v) is 6.77. The van der Waals surface area contributed by atoms with E-state index in [-0.39, 0.29) is 5.91 Å². The van der Waals surface area contributed by atoms with Crippen LogP contribution in [0.1, 0.15) is 29.8 Å². The third-order valence-electron chi connectivity index (χ3n) is 4.21. The first-order valence-electron chi connectivity index (χ1n) is 7.23. The third kappa shape index (κ3) is 2.60. The predicted molar refractivity (Wildman–Crippen MR) is 79.2 cm³/mol. The van der Waals surface area contributed by atoms with Crippen molar-refractivity contribution in [1.29, 1.82) is 0 Å². The van der Waals surface area contributed by atoms with Crippen molar-refractivity contribution in [3.63, 3.8) is 0 Å². The Morgan fingerprint density at radius 2 is 2.35 bits per heavy atom. The van der Waals surface area contributed by atoms with Crippen LogP contribution in [0.15, 0.2) is 0 Å². The quantitative estimate of drug-likeness (QED) is 0.885. The Morgan fingerprint density at radius 1 is 1.50 bits per heavy atom. The van der Waals surface area contributed by atoms with Crippen molar-refractivity contribution in [2.45, 2.75) is 32.1 Å². The van der Waals surface area contributed by atoms with Crippen molar-refractivity contribution >= 4 is 22.4 Å². The second-order valence-electron chi connectivity index (χ2n) is 5.69. The second kappa shape index (κ2) is 5.79. The molecular weight excluding hydrogens is 274 g/mol. The molecule has 0 radical (unpaired) electrons. The minimum Gasteiger partial charge on any atom is -0.384 e. The topological polar surface area (TPSA) is 63.2 Å². The van der Waals surface area contributed by atoms with Gasteiger partial charge in [-0.1, -0.05) is 0 Å². The van der Waals surface area contributed by atoms with Gasteiger partial charge in [-0.3, -0.25) is 4.79 Å². The van der Waals surface area contributed by atoms with Gasteiger partial charge < -0.3 is 15.4 Å². The molecule has 3 rings (SSSR count). The standard InChI is InChI=1S/C14H21N3O2S/c1-19-9-14(6-7-15-8-14)12(18)17-13-16-10-4-2-3-5-11(10)20-13/h15H,2-9H2,1H3,(H,16,17,18). The number of fused-ring (bicyclic) bond motifs is 1. The van der Waals surface area contributed by atoms with Gasteiger partial charge in [0.25, 0.3) is 0 Å².